The molecule has 0 fully saturated rings. The molecule has 2 heteroatoms. The highest BCUT2D eigenvalue weighted by atomic mass is 15.0. The molecule has 2 aromatic heterocycles. The van der Waals surface area contributed by atoms with Gasteiger partial charge in [-0.25, -0.2) is 0 Å². The van der Waals surface area contributed by atoms with Gasteiger partial charge in [0.15, 0.2) is 0 Å². The third kappa shape index (κ3) is 5.26. The predicted octanol–water partition coefficient (Wildman–Crippen LogP) is 14.5. The molecule has 9 aromatic carbocycles. The van der Waals surface area contributed by atoms with Gasteiger partial charge in [-0.15, -0.1) is 0 Å². The SMILES string of the molecule is c1ccc(-c2ccc3c(c2)c2ccccc2n3-c2ccc(-c3ccccc3-n3c4ccc(-c5ccccc5)cc4c4cc(-c5ccccc5)ccc43)cc2)cc1. The second-order valence-electron chi connectivity index (χ2n) is 14.5. The van der Waals surface area contributed by atoms with E-state index in [0.717, 1.165) is 11.4 Å². The first-order valence-electron chi connectivity index (χ1n) is 19.3. The minimum atomic E-state index is 1.14. The van der Waals surface area contributed by atoms with Crippen molar-refractivity contribution in [1.29, 1.82) is 0 Å². The summed E-state index contributed by atoms with van der Waals surface area (Å²) in [5, 5.41) is 5.00. The molecular weight excluding hydrogens is 677 g/mol. The summed E-state index contributed by atoms with van der Waals surface area (Å²) >= 11 is 0. The molecule has 0 N–H and O–H groups in total. The fourth-order valence-corrected chi connectivity index (χ4v) is 8.67. The van der Waals surface area contributed by atoms with Gasteiger partial charge in [-0.3, -0.25) is 0 Å². The molecule has 0 saturated carbocycles. The smallest absolute Gasteiger partial charge is 0.0541 e. The predicted molar refractivity (Wildman–Crippen MR) is 237 cm³/mol. The van der Waals surface area contributed by atoms with Gasteiger partial charge in [-0.1, -0.05) is 158 Å². The Labute approximate surface area is 325 Å². The third-order valence-corrected chi connectivity index (χ3v) is 11.3. The van der Waals surface area contributed by atoms with Gasteiger partial charge in [-0.05, 0) is 99.6 Å². The average molecular weight is 713 g/mol. The van der Waals surface area contributed by atoms with Crippen molar-refractivity contribution < 1.29 is 0 Å². The number of para-hydroxylation sites is 2. The summed E-state index contributed by atoms with van der Waals surface area (Å²) in [6.45, 7) is 0. The van der Waals surface area contributed by atoms with Gasteiger partial charge in [-0.2, -0.15) is 0 Å². The molecular formula is C54H36N2. The molecule has 11 aromatic rings. The van der Waals surface area contributed by atoms with Crippen LogP contribution >= 0.6 is 0 Å². The summed E-state index contributed by atoms with van der Waals surface area (Å²) in [7, 11) is 0. The second-order valence-corrected chi connectivity index (χ2v) is 14.5. The van der Waals surface area contributed by atoms with Gasteiger partial charge in [0.25, 0.3) is 0 Å². The highest BCUT2D eigenvalue weighted by Crippen LogP contribution is 2.40. The molecule has 0 saturated heterocycles. The standard InChI is InChI=1S/C54H36N2/c1-4-14-37(15-5-1)41-26-31-52-47(34-41)46-21-11-13-23-51(46)55(52)44-29-24-40(25-30-44)45-20-10-12-22-50(45)56-53-32-27-42(38-16-6-2-7-17-38)35-48(53)49-36-43(28-33-54(49)56)39-18-8-3-9-19-39/h1-36H. The van der Waals surface area contributed by atoms with E-state index in [1.807, 2.05) is 0 Å². The summed E-state index contributed by atoms with van der Waals surface area (Å²) in [4.78, 5) is 0. The zero-order valence-electron chi connectivity index (χ0n) is 30.7. The van der Waals surface area contributed by atoms with Gasteiger partial charge in [0, 0.05) is 32.8 Å². The zero-order chi connectivity index (χ0) is 37.0. The molecule has 0 aliphatic rings. The van der Waals surface area contributed by atoms with Crippen LogP contribution in [0.15, 0.2) is 218 Å². The number of fused-ring (bicyclic) bond motifs is 6. The number of hydrogen-bond acceptors (Lipinski definition) is 0. The van der Waals surface area contributed by atoms with Crippen LogP contribution in [0.2, 0.25) is 0 Å². The molecule has 11 rings (SSSR count). The van der Waals surface area contributed by atoms with Crippen LogP contribution in [0.4, 0.5) is 0 Å². The van der Waals surface area contributed by atoms with Gasteiger partial charge in [0.1, 0.15) is 0 Å². The molecule has 0 radical (unpaired) electrons. The summed E-state index contributed by atoms with van der Waals surface area (Å²) in [5.74, 6) is 0. The quantitative estimate of drug-likeness (QED) is 0.162. The fraction of sp³-hybridized carbons (Fsp3) is 0. The lowest BCUT2D eigenvalue weighted by atomic mass is 10.0. The van der Waals surface area contributed by atoms with Crippen LogP contribution in [0.5, 0.6) is 0 Å². The van der Waals surface area contributed by atoms with Crippen molar-refractivity contribution in [2.24, 2.45) is 0 Å². The van der Waals surface area contributed by atoms with E-state index in [1.165, 1.54) is 88.1 Å². The van der Waals surface area contributed by atoms with Crippen LogP contribution in [0.1, 0.15) is 0 Å². The van der Waals surface area contributed by atoms with Crippen molar-refractivity contribution in [3.8, 4) is 55.9 Å². The Kier molecular flexibility index (Phi) is 7.53. The Balaban J connectivity index is 1.06. The summed E-state index contributed by atoms with van der Waals surface area (Å²) in [6.07, 6.45) is 0. The minimum Gasteiger partial charge on any atom is -0.309 e. The molecule has 262 valence electrons. The van der Waals surface area contributed by atoms with Crippen LogP contribution < -0.4 is 0 Å². The molecule has 56 heavy (non-hydrogen) atoms. The average Bonchev–Trinajstić information content (AvgIpc) is 3.79. The highest BCUT2D eigenvalue weighted by molar-refractivity contribution is 6.13. The molecule has 0 aliphatic heterocycles. The van der Waals surface area contributed by atoms with Crippen LogP contribution in [0, 0.1) is 0 Å². The first kappa shape index (κ1) is 32.0. The lowest BCUT2D eigenvalue weighted by Gasteiger charge is -2.15. The number of aromatic nitrogens is 2. The maximum Gasteiger partial charge on any atom is 0.0541 e. The molecule has 0 amide bonds. The molecule has 0 aliphatic carbocycles. The van der Waals surface area contributed by atoms with Crippen molar-refractivity contribution in [3.63, 3.8) is 0 Å². The molecule has 0 spiro atoms. The second kappa shape index (κ2) is 13.2. The van der Waals surface area contributed by atoms with E-state index in [9.17, 15) is 0 Å². The van der Waals surface area contributed by atoms with Gasteiger partial charge < -0.3 is 9.13 Å². The van der Waals surface area contributed by atoms with Crippen molar-refractivity contribution in [2.75, 3.05) is 0 Å². The highest BCUT2D eigenvalue weighted by Gasteiger charge is 2.18. The van der Waals surface area contributed by atoms with E-state index in [2.05, 4.69) is 228 Å². The van der Waals surface area contributed by atoms with E-state index in [1.54, 1.807) is 0 Å². The maximum atomic E-state index is 2.45. The Morgan fingerprint density at radius 3 is 1.16 bits per heavy atom. The molecule has 0 unspecified atom stereocenters. The van der Waals surface area contributed by atoms with E-state index in [-0.39, 0.29) is 0 Å². The number of nitrogens with zero attached hydrogens (tertiary/aromatic N) is 2. The summed E-state index contributed by atoms with van der Waals surface area (Å²) in [6, 6.07) is 79.4. The zero-order valence-corrected chi connectivity index (χ0v) is 30.7. The Morgan fingerprint density at radius 1 is 0.232 bits per heavy atom. The van der Waals surface area contributed by atoms with Gasteiger partial charge >= 0.3 is 0 Å². The van der Waals surface area contributed by atoms with E-state index in [0.29, 0.717) is 0 Å². The minimum absolute atomic E-state index is 1.14. The van der Waals surface area contributed by atoms with Crippen molar-refractivity contribution in [2.45, 2.75) is 0 Å². The summed E-state index contributed by atoms with van der Waals surface area (Å²) < 4.78 is 4.85. The largest absolute Gasteiger partial charge is 0.309 e. The maximum absolute atomic E-state index is 2.45. The van der Waals surface area contributed by atoms with Crippen molar-refractivity contribution in [1.82, 2.24) is 9.13 Å². The Hall–Kier alpha value is -7.42. The topological polar surface area (TPSA) is 9.86 Å². The number of hydrogen-bond donors (Lipinski definition) is 0. The monoisotopic (exact) mass is 712 g/mol. The molecule has 0 bridgehead atoms. The Bertz CT molecular complexity index is 3110. The van der Waals surface area contributed by atoms with Gasteiger partial charge in [0.2, 0.25) is 0 Å². The lowest BCUT2D eigenvalue weighted by Crippen LogP contribution is -1.98. The van der Waals surface area contributed by atoms with E-state index < -0.39 is 0 Å². The fourth-order valence-electron chi connectivity index (χ4n) is 8.67. The Morgan fingerprint density at radius 2 is 0.625 bits per heavy atom. The number of rotatable bonds is 6. The first-order valence-corrected chi connectivity index (χ1v) is 19.3. The third-order valence-electron chi connectivity index (χ3n) is 11.3. The van der Waals surface area contributed by atoms with Crippen LogP contribution in [-0.4, -0.2) is 9.13 Å². The van der Waals surface area contributed by atoms with Crippen LogP contribution in [-0.2, 0) is 0 Å². The lowest BCUT2D eigenvalue weighted by molar-refractivity contribution is 1.17. The van der Waals surface area contributed by atoms with Crippen molar-refractivity contribution >= 4 is 43.6 Å². The van der Waals surface area contributed by atoms with Gasteiger partial charge in [0.05, 0.1) is 27.8 Å². The van der Waals surface area contributed by atoms with E-state index >= 15 is 0 Å². The van der Waals surface area contributed by atoms with Crippen LogP contribution in [0.25, 0.3) is 99.5 Å². The molecule has 2 heterocycles. The number of benzene rings is 9. The van der Waals surface area contributed by atoms with Crippen molar-refractivity contribution in [3.05, 3.63) is 218 Å². The summed E-state index contributed by atoms with van der Waals surface area (Å²) in [5.41, 5.74) is 16.8. The first-order chi connectivity index (χ1) is 27.8. The molecule has 2 nitrogen and oxygen atoms in total. The molecule has 0 atom stereocenters. The van der Waals surface area contributed by atoms with E-state index in [4.69, 9.17) is 0 Å². The normalized spacial score (nSPS) is 11.6. The van der Waals surface area contributed by atoms with Crippen LogP contribution in [0.3, 0.4) is 0 Å².